The van der Waals surface area contributed by atoms with Crippen LogP contribution in [0, 0.1) is 17.5 Å². The zero-order chi connectivity index (χ0) is 14.8. The number of hydrogen-bond donors (Lipinski definition) is 2. The molecule has 1 aromatic rings. The van der Waals surface area contributed by atoms with Crippen molar-refractivity contribution in [3.63, 3.8) is 0 Å². The van der Waals surface area contributed by atoms with E-state index < -0.39 is 34.5 Å². The average molecular weight is 287 g/mol. The van der Waals surface area contributed by atoms with Gasteiger partial charge >= 0.3 is 0 Å². The maximum atomic E-state index is 13.4. The highest BCUT2D eigenvalue weighted by Gasteiger charge is 2.30. The van der Waals surface area contributed by atoms with E-state index in [1.54, 1.807) is 0 Å². The van der Waals surface area contributed by atoms with E-state index in [1.165, 1.54) is 0 Å². The molecule has 0 spiro atoms. The molecule has 0 aliphatic heterocycles. The Morgan fingerprint density at radius 2 is 1.70 bits per heavy atom. The normalized spacial score (nSPS) is 17.8. The van der Waals surface area contributed by atoms with E-state index >= 15 is 0 Å². The van der Waals surface area contributed by atoms with Crippen molar-refractivity contribution < 1.29 is 23.1 Å². The van der Waals surface area contributed by atoms with Crippen molar-refractivity contribution in [2.45, 2.75) is 37.7 Å². The Morgan fingerprint density at radius 1 is 1.15 bits per heavy atom. The van der Waals surface area contributed by atoms with Gasteiger partial charge in [-0.25, -0.2) is 13.2 Å². The van der Waals surface area contributed by atoms with Gasteiger partial charge in [-0.2, -0.15) is 0 Å². The summed E-state index contributed by atoms with van der Waals surface area (Å²) in [5, 5.41) is 12.5. The first-order valence-electron chi connectivity index (χ1n) is 6.56. The van der Waals surface area contributed by atoms with E-state index in [0.717, 1.165) is 19.3 Å². The minimum absolute atomic E-state index is 0.0674. The quantitative estimate of drug-likeness (QED) is 0.897. The van der Waals surface area contributed by atoms with Crippen LogP contribution in [0.25, 0.3) is 0 Å². The zero-order valence-corrected chi connectivity index (χ0v) is 10.9. The fraction of sp³-hybridized carbons (Fsp3) is 0.500. The number of rotatable bonds is 3. The Hall–Kier alpha value is -1.56. The Morgan fingerprint density at radius 3 is 2.25 bits per heavy atom. The van der Waals surface area contributed by atoms with Crippen molar-refractivity contribution >= 4 is 5.91 Å². The van der Waals surface area contributed by atoms with E-state index in [1.807, 2.05) is 0 Å². The molecule has 2 N–H and O–H groups in total. The summed E-state index contributed by atoms with van der Waals surface area (Å²) in [6.45, 7) is -0.0674. The van der Waals surface area contributed by atoms with Crippen molar-refractivity contribution in [3.8, 4) is 0 Å². The van der Waals surface area contributed by atoms with Crippen LogP contribution in [0.2, 0.25) is 0 Å². The number of halogens is 3. The predicted octanol–water partition coefficient (Wildman–Crippen LogP) is 2.53. The molecule has 0 unspecified atom stereocenters. The third kappa shape index (κ3) is 3.30. The fourth-order valence-corrected chi connectivity index (χ4v) is 2.48. The molecule has 0 heterocycles. The molecular weight excluding hydrogens is 271 g/mol. The highest BCUT2D eigenvalue weighted by atomic mass is 19.1. The molecule has 20 heavy (non-hydrogen) atoms. The first-order chi connectivity index (χ1) is 9.41. The minimum Gasteiger partial charge on any atom is -0.388 e. The molecule has 110 valence electrons. The van der Waals surface area contributed by atoms with Gasteiger partial charge in [-0.1, -0.05) is 19.3 Å². The second-order valence-electron chi connectivity index (χ2n) is 5.21. The molecule has 1 amide bonds. The maximum absolute atomic E-state index is 13.4. The molecular formula is C14H16F3NO2. The number of nitrogens with one attached hydrogen (secondary N) is 1. The van der Waals surface area contributed by atoms with Gasteiger partial charge in [0.1, 0.15) is 23.0 Å². The zero-order valence-electron chi connectivity index (χ0n) is 10.9. The van der Waals surface area contributed by atoms with Gasteiger partial charge in [0.25, 0.3) is 5.91 Å². The second kappa shape index (κ2) is 5.83. The standard InChI is InChI=1S/C14H16F3NO2/c15-9-6-10(16)12(11(17)7-9)13(19)18-8-14(20)4-2-1-3-5-14/h6-7,20H,1-5,8H2,(H,18,19). The van der Waals surface area contributed by atoms with Crippen LogP contribution >= 0.6 is 0 Å². The van der Waals surface area contributed by atoms with Crippen LogP contribution in [0.5, 0.6) is 0 Å². The average Bonchev–Trinajstić information content (AvgIpc) is 2.36. The highest BCUT2D eigenvalue weighted by molar-refractivity contribution is 5.94. The summed E-state index contributed by atoms with van der Waals surface area (Å²) in [7, 11) is 0. The summed E-state index contributed by atoms with van der Waals surface area (Å²) in [4.78, 5) is 11.8. The van der Waals surface area contributed by atoms with E-state index in [2.05, 4.69) is 5.32 Å². The fourth-order valence-electron chi connectivity index (χ4n) is 2.48. The van der Waals surface area contributed by atoms with Gasteiger partial charge < -0.3 is 10.4 Å². The van der Waals surface area contributed by atoms with Crippen molar-refractivity contribution in [2.24, 2.45) is 0 Å². The van der Waals surface area contributed by atoms with Crippen LogP contribution in [0.1, 0.15) is 42.5 Å². The third-order valence-electron chi connectivity index (χ3n) is 3.60. The van der Waals surface area contributed by atoms with Crippen molar-refractivity contribution in [1.82, 2.24) is 5.32 Å². The van der Waals surface area contributed by atoms with Gasteiger partial charge in [0.2, 0.25) is 0 Å². The van der Waals surface area contributed by atoms with Crippen LogP contribution in [-0.4, -0.2) is 23.2 Å². The maximum Gasteiger partial charge on any atom is 0.257 e. The van der Waals surface area contributed by atoms with E-state index in [-0.39, 0.29) is 6.54 Å². The summed E-state index contributed by atoms with van der Waals surface area (Å²) in [6, 6.07) is 0.903. The largest absolute Gasteiger partial charge is 0.388 e. The Labute approximate surface area is 114 Å². The number of benzene rings is 1. The number of carbonyl (C=O) groups is 1. The smallest absolute Gasteiger partial charge is 0.257 e. The van der Waals surface area contributed by atoms with Crippen molar-refractivity contribution in [1.29, 1.82) is 0 Å². The molecule has 1 aromatic carbocycles. The highest BCUT2D eigenvalue weighted by Crippen LogP contribution is 2.27. The number of aliphatic hydroxyl groups is 1. The number of carbonyl (C=O) groups excluding carboxylic acids is 1. The summed E-state index contributed by atoms with van der Waals surface area (Å²) in [6.07, 6.45) is 3.82. The molecule has 0 aromatic heterocycles. The van der Waals surface area contributed by atoms with Gasteiger partial charge in [-0.05, 0) is 12.8 Å². The summed E-state index contributed by atoms with van der Waals surface area (Å²) < 4.78 is 39.6. The van der Waals surface area contributed by atoms with Gasteiger partial charge in [0.15, 0.2) is 0 Å². The van der Waals surface area contributed by atoms with Crippen LogP contribution in [-0.2, 0) is 0 Å². The number of hydrogen-bond acceptors (Lipinski definition) is 2. The monoisotopic (exact) mass is 287 g/mol. The second-order valence-corrected chi connectivity index (χ2v) is 5.21. The Balaban J connectivity index is 2.05. The van der Waals surface area contributed by atoms with Crippen molar-refractivity contribution in [3.05, 3.63) is 35.1 Å². The third-order valence-corrected chi connectivity index (χ3v) is 3.60. The lowest BCUT2D eigenvalue weighted by Gasteiger charge is -2.32. The first kappa shape index (κ1) is 14.8. The van der Waals surface area contributed by atoms with Gasteiger partial charge in [0.05, 0.1) is 5.60 Å². The molecule has 1 aliphatic carbocycles. The Bertz CT molecular complexity index is 490. The molecule has 0 bridgehead atoms. The van der Waals surface area contributed by atoms with Crippen LogP contribution in [0.4, 0.5) is 13.2 Å². The van der Waals surface area contributed by atoms with Crippen molar-refractivity contribution in [2.75, 3.05) is 6.54 Å². The van der Waals surface area contributed by atoms with E-state index in [0.29, 0.717) is 25.0 Å². The minimum atomic E-state index is -1.25. The molecule has 1 saturated carbocycles. The summed E-state index contributed by atoms with van der Waals surface area (Å²) >= 11 is 0. The van der Waals surface area contributed by atoms with Crippen LogP contribution in [0.3, 0.4) is 0 Å². The molecule has 1 fully saturated rings. The molecule has 0 atom stereocenters. The molecule has 0 saturated heterocycles. The molecule has 3 nitrogen and oxygen atoms in total. The molecule has 1 aliphatic rings. The number of amides is 1. The molecule has 6 heteroatoms. The van der Waals surface area contributed by atoms with Crippen LogP contribution in [0.15, 0.2) is 12.1 Å². The van der Waals surface area contributed by atoms with Gasteiger partial charge in [0, 0.05) is 18.7 Å². The lowest BCUT2D eigenvalue weighted by molar-refractivity contribution is 0.00517. The SMILES string of the molecule is O=C(NCC1(O)CCCCC1)c1c(F)cc(F)cc1F. The summed E-state index contributed by atoms with van der Waals surface area (Å²) in [5.74, 6) is -4.58. The first-order valence-corrected chi connectivity index (χ1v) is 6.56. The lowest BCUT2D eigenvalue weighted by atomic mass is 9.85. The molecule has 2 rings (SSSR count). The van der Waals surface area contributed by atoms with Gasteiger partial charge in [-0.15, -0.1) is 0 Å². The van der Waals surface area contributed by atoms with Gasteiger partial charge in [-0.3, -0.25) is 4.79 Å². The lowest BCUT2D eigenvalue weighted by Crippen LogP contribution is -2.44. The summed E-state index contributed by atoms with van der Waals surface area (Å²) in [5.41, 5.74) is -1.85. The topological polar surface area (TPSA) is 49.3 Å². The molecule has 0 radical (unpaired) electrons. The predicted molar refractivity (Wildman–Crippen MR) is 66.7 cm³/mol. The van der Waals surface area contributed by atoms with E-state index in [9.17, 15) is 23.1 Å². The Kier molecular flexibility index (Phi) is 4.32. The van der Waals surface area contributed by atoms with Crippen LogP contribution < -0.4 is 5.32 Å². The van der Waals surface area contributed by atoms with E-state index in [4.69, 9.17) is 0 Å².